The molecule has 2 heterocycles. The molecule has 148 valence electrons. The lowest BCUT2D eigenvalue weighted by Gasteiger charge is -2.24. The van der Waals surface area contributed by atoms with Crippen LogP contribution in [0.15, 0.2) is 36.4 Å². The van der Waals surface area contributed by atoms with Gasteiger partial charge in [-0.1, -0.05) is 32.1 Å². The molecule has 0 bridgehead atoms. The van der Waals surface area contributed by atoms with Crippen LogP contribution in [0.4, 0.5) is 0 Å². The topological polar surface area (TPSA) is 68.7 Å². The quantitative estimate of drug-likeness (QED) is 0.784. The number of cyclic esters (lactones) is 1. The summed E-state index contributed by atoms with van der Waals surface area (Å²) in [5.74, 6) is 0.671. The number of aliphatic hydroxyl groups is 1. The first kappa shape index (κ1) is 20.1. The fourth-order valence-electron chi connectivity index (χ4n) is 3.46. The second-order valence-corrected chi connectivity index (χ2v) is 7.47. The van der Waals surface area contributed by atoms with Crippen LogP contribution in [0.1, 0.15) is 49.6 Å². The van der Waals surface area contributed by atoms with Gasteiger partial charge in [-0.05, 0) is 48.2 Å². The van der Waals surface area contributed by atoms with Crippen molar-refractivity contribution in [3.05, 3.63) is 53.4 Å². The fourth-order valence-corrected chi connectivity index (χ4v) is 3.46. The van der Waals surface area contributed by atoms with Gasteiger partial charge in [0.05, 0.1) is 25.3 Å². The number of carbonyl (C=O) groups excluding carboxylic acids is 1. The number of esters is 1. The predicted octanol–water partition coefficient (Wildman–Crippen LogP) is 4.27. The van der Waals surface area contributed by atoms with Gasteiger partial charge in [-0.2, -0.15) is 0 Å². The Hall–Kier alpha value is -2.66. The number of benzene rings is 1. The van der Waals surface area contributed by atoms with Gasteiger partial charge in [0.2, 0.25) is 0 Å². The minimum absolute atomic E-state index is 0.0603. The van der Waals surface area contributed by atoms with Gasteiger partial charge in [-0.3, -0.25) is 9.78 Å². The zero-order chi connectivity index (χ0) is 20.3. The number of rotatable bonds is 5. The van der Waals surface area contributed by atoms with Gasteiger partial charge < -0.3 is 14.6 Å². The highest BCUT2D eigenvalue weighted by molar-refractivity contribution is 5.78. The zero-order valence-electron chi connectivity index (χ0n) is 16.8. The molecule has 1 fully saturated rings. The smallest absolute Gasteiger partial charge is 0.309 e. The lowest BCUT2D eigenvalue weighted by molar-refractivity contribution is -0.156. The van der Waals surface area contributed by atoms with Crippen LogP contribution in [0.5, 0.6) is 5.75 Å². The van der Waals surface area contributed by atoms with Crippen molar-refractivity contribution in [3.63, 3.8) is 0 Å². The summed E-state index contributed by atoms with van der Waals surface area (Å²) >= 11 is 0. The highest BCUT2D eigenvalue weighted by atomic mass is 16.5. The average Bonchev–Trinajstić information content (AvgIpc) is 2.65. The number of carbonyl (C=O) groups is 1. The minimum Gasteiger partial charge on any atom is -0.497 e. The van der Waals surface area contributed by atoms with Gasteiger partial charge in [0.15, 0.2) is 0 Å². The highest BCUT2D eigenvalue weighted by Crippen LogP contribution is 2.32. The Balaban J connectivity index is 2.04. The largest absolute Gasteiger partial charge is 0.497 e. The first-order chi connectivity index (χ1) is 13.4. The van der Waals surface area contributed by atoms with Gasteiger partial charge in [-0.25, -0.2) is 0 Å². The standard InChI is InChI=1S/C23H27NO4/c1-14(2)23-20(10-9-19-12-17(25)13-22(26)28-19)21(11-15(3)24-23)16-5-7-18(27-4)8-6-16/h5-11,14,17,19,25H,12-13H2,1-4H3/b10-9+/t17-,19-/m1/s1. The molecule has 0 amide bonds. The summed E-state index contributed by atoms with van der Waals surface area (Å²) in [6, 6.07) is 9.99. The Bertz CT molecular complexity index is 871. The van der Waals surface area contributed by atoms with Gasteiger partial charge >= 0.3 is 5.97 Å². The molecular formula is C23H27NO4. The molecule has 28 heavy (non-hydrogen) atoms. The number of hydrogen-bond donors (Lipinski definition) is 1. The van der Waals surface area contributed by atoms with E-state index in [0.717, 1.165) is 33.8 Å². The molecule has 1 aliphatic heterocycles. The Morgan fingerprint density at radius 1 is 1.29 bits per heavy atom. The van der Waals surface area contributed by atoms with Crippen LogP contribution in [-0.2, 0) is 9.53 Å². The molecule has 1 aromatic heterocycles. The van der Waals surface area contributed by atoms with Gasteiger partial charge in [0, 0.05) is 17.7 Å². The van der Waals surface area contributed by atoms with E-state index in [1.54, 1.807) is 7.11 Å². The number of aliphatic hydroxyl groups excluding tert-OH is 1. The third kappa shape index (κ3) is 4.60. The van der Waals surface area contributed by atoms with E-state index in [2.05, 4.69) is 19.9 Å². The summed E-state index contributed by atoms with van der Waals surface area (Å²) in [5.41, 5.74) is 5.07. The molecule has 0 aliphatic carbocycles. The number of ether oxygens (including phenoxy) is 2. The number of pyridine rings is 1. The second kappa shape index (κ2) is 8.57. The van der Waals surface area contributed by atoms with Crippen LogP contribution >= 0.6 is 0 Å². The maximum Gasteiger partial charge on any atom is 0.309 e. The molecule has 5 heteroatoms. The molecule has 1 saturated heterocycles. The molecule has 2 aromatic rings. The second-order valence-electron chi connectivity index (χ2n) is 7.47. The number of aryl methyl sites for hydroxylation is 1. The SMILES string of the molecule is COc1ccc(-c2cc(C)nc(C(C)C)c2/C=C/[C@@H]2C[C@@H](O)CC(=O)O2)cc1. The Labute approximate surface area is 166 Å². The van der Waals surface area contributed by atoms with Crippen LogP contribution < -0.4 is 4.74 Å². The van der Waals surface area contributed by atoms with E-state index in [0.29, 0.717) is 6.42 Å². The third-order valence-corrected chi connectivity index (χ3v) is 4.83. The van der Waals surface area contributed by atoms with Crippen LogP contribution in [0.3, 0.4) is 0 Å². The molecular weight excluding hydrogens is 354 g/mol. The summed E-state index contributed by atoms with van der Waals surface area (Å²) < 4.78 is 10.6. The molecule has 1 aromatic carbocycles. The van der Waals surface area contributed by atoms with Crippen molar-refractivity contribution in [3.8, 4) is 16.9 Å². The van der Waals surface area contributed by atoms with Crippen molar-refractivity contribution >= 4 is 12.0 Å². The number of hydrogen-bond acceptors (Lipinski definition) is 5. The Morgan fingerprint density at radius 3 is 2.61 bits per heavy atom. The highest BCUT2D eigenvalue weighted by Gasteiger charge is 2.25. The van der Waals surface area contributed by atoms with Crippen molar-refractivity contribution in [2.45, 2.75) is 51.7 Å². The van der Waals surface area contributed by atoms with Crippen LogP contribution in [-0.4, -0.2) is 35.4 Å². The third-order valence-electron chi connectivity index (χ3n) is 4.83. The molecule has 0 radical (unpaired) electrons. The predicted molar refractivity (Wildman–Crippen MR) is 109 cm³/mol. The molecule has 0 unspecified atom stereocenters. The number of methoxy groups -OCH3 is 1. The van der Waals surface area contributed by atoms with E-state index >= 15 is 0 Å². The normalized spacial score (nSPS) is 19.9. The molecule has 0 saturated carbocycles. The van der Waals surface area contributed by atoms with Gasteiger partial charge in [0.25, 0.3) is 0 Å². The van der Waals surface area contributed by atoms with Crippen molar-refractivity contribution in [1.82, 2.24) is 4.98 Å². The van der Waals surface area contributed by atoms with Gasteiger partial charge in [0.1, 0.15) is 11.9 Å². The maximum absolute atomic E-state index is 11.6. The van der Waals surface area contributed by atoms with E-state index in [1.165, 1.54) is 0 Å². The van der Waals surface area contributed by atoms with Crippen molar-refractivity contribution in [2.24, 2.45) is 0 Å². The lowest BCUT2D eigenvalue weighted by atomic mass is 9.92. The van der Waals surface area contributed by atoms with E-state index in [4.69, 9.17) is 14.5 Å². The van der Waals surface area contributed by atoms with Crippen molar-refractivity contribution in [2.75, 3.05) is 7.11 Å². The average molecular weight is 381 g/mol. The summed E-state index contributed by atoms with van der Waals surface area (Å²) in [5, 5.41) is 9.85. The monoisotopic (exact) mass is 381 g/mol. The van der Waals surface area contributed by atoms with Crippen LogP contribution in [0.25, 0.3) is 17.2 Å². The fraction of sp³-hybridized carbons (Fsp3) is 0.391. The summed E-state index contributed by atoms with van der Waals surface area (Å²) in [6.07, 6.45) is 3.21. The van der Waals surface area contributed by atoms with E-state index < -0.39 is 12.2 Å². The van der Waals surface area contributed by atoms with Crippen LogP contribution in [0.2, 0.25) is 0 Å². The van der Waals surface area contributed by atoms with Crippen molar-refractivity contribution < 1.29 is 19.4 Å². The molecule has 3 rings (SSSR count). The first-order valence-corrected chi connectivity index (χ1v) is 9.59. The molecule has 2 atom stereocenters. The lowest BCUT2D eigenvalue weighted by Crippen LogP contribution is -2.31. The first-order valence-electron chi connectivity index (χ1n) is 9.59. The van der Waals surface area contributed by atoms with Crippen LogP contribution in [0, 0.1) is 6.92 Å². The molecule has 5 nitrogen and oxygen atoms in total. The minimum atomic E-state index is -0.655. The molecule has 1 aliphatic rings. The Morgan fingerprint density at radius 2 is 2.00 bits per heavy atom. The number of aromatic nitrogens is 1. The van der Waals surface area contributed by atoms with Gasteiger partial charge in [-0.15, -0.1) is 0 Å². The summed E-state index contributed by atoms with van der Waals surface area (Å²) in [7, 11) is 1.65. The molecule has 1 N–H and O–H groups in total. The summed E-state index contributed by atoms with van der Waals surface area (Å²) in [4.78, 5) is 16.4. The van der Waals surface area contributed by atoms with E-state index in [-0.39, 0.29) is 18.3 Å². The summed E-state index contributed by atoms with van der Waals surface area (Å²) in [6.45, 7) is 6.22. The zero-order valence-corrected chi connectivity index (χ0v) is 16.8. The van der Waals surface area contributed by atoms with E-state index in [1.807, 2.05) is 43.3 Å². The maximum atomic E-state index is 11.6. The number of nitrogens with zero attached hydrogens (tertiary/aromatic N) is 1. The van der Waals surface area contributed by atoms with Crippen molar-refractivity contribution in [1.29, 1.82) is 0 Å². The molecule has 0 spiro atoms. The Kier molecular flexibility index (Phi) is 6.15. The van der Waals surface area contributed by atoms with E-state index in [9.17, 15) is 9.90 Å².